The lowest BCUT2D eigenvalue weighted by Gasteiger charge is -2.35. The molecule has 0 aromatic heterocycles. The first-order chi connectivity index (χ1) is 16.2. The largest absolute Gasteiger partial charge is 0.198 e. The number of nitrogens with zero attached hydrogens (tertiary/aromatic N) is 1. The molecule has 0 unspecified atom stereocenters. The fourth-order valence-electron chi connectivity index (χ4n) is 5.53. The van der Waals surface area contributed by atoms with Crippen LogP contribution >= 0.6 is 0 Å². The minimum atomic E-state index is -0.0523. The van der Waals surface area contributed by atoms with Crippen molar-refractivity contribution < 1.29 is 0 Å². The molecule has 1 aliphatic carbocycles. The van der Waals surface area contributed by atoms with E-state index in [4.69, 9.17) is 0 Å². The molecule has 1 nitrogen and oxygen atoms in total. The van der Waals surface area contributed by atoms with E-state index in [-0.39, 0.29) is 5.41 Å². The Labute approximate surface area is 203 Å². The maximum atomic E-state index is 9.76. The van der Waals surface area contributed by atoms with Crippen molar-refractivity contribution in [3.8, 4) is 17.2 Å². The second-order valence-electron chi connectivity index (χ2n) is 10.5. The molecule has 33 heavy (non-hydrogen) atoms. The summed E-state index contributed by atoms with van der Waals surface area (Å²) in [4.78, 5) is 0. The summed E-state index contributed by atoms with van der Waals surface area (Å²) >= 11 is 0. The Morgan fingerprint density at radius 3 is 1.85 bits per heavy atom. The van der Waals surface area contributed by atoms with Gasteiger partial charge in [-0.2, -0.15) is 5.26 Å². The molecule has 0 radical (unpaired) electrons. The Hall–Kier alpha value is -2.07. The highest BCUT2D eigenvalue weighted by Crippen LogP contribution is 2.45. The number of hydrogen-bond acceptors (Lipinski definition) is 1. The van der Waals surface area contributed by atoms with Crippen molar-refractivity contribution in [2.45, 2.75) is 116 Å². The van der Waals surface area contributed by atoms with Crippen molar-refractivity contribution in [3.05, 3.63) is 59.7 Å². The third kappa shape index (κ3) is 7.74. The molecule has 1 saturated carbocycles. The van der Waals surface area contributed by atoms with Crippen LogP contribution in [0.4, 0.5) is 0 Å². The lowest BCUT2D eigenvalue weighted by Crippen LogP contribution is -2.25. The first-order valence-corrected chi connectivity index (χ1v) is 13.8. The van der Waals surface area contributed by atoms with Crippen LogP contribution in [0.1, 0.15) is 121 Å². The highest BCUT2D eigenvalue weighted by molar-refractivity contribution is 5.64. The molecule has 0 N–H and O–H groups in total. The van der Waals surface area contributed by atoms with Gasteiger partial charge in [-0.15, -0.1) is 0 Å². The van der Waals surface area contributed by atoms with E-state index in [1.165, 1.54) is 86.5 Å². The van der Waals surface area contributed by atoms with Crippen molar-refractivity contribution in [2.24, 2.45) is 5.41 Å². The Kier molecular flexibility index (Phi) is 10.5. The fraction of sp³-hybridized carbons (Fsp3) is 0.594. The molecular weight excluding hydrogens is 398 g/mol. The van der Waals surface area contributed by atoms with Crippen LogP contribution in [-0.4, -0.2) is 0 Å². The molecule has 0 saturated heterocycles. The van der Waals surface area contributed by atoms with Gasteiger partial charge in [0.1, 0.15) is 0 Å². The van der Waals surface area contributed by atoms with Crippen LogP contribution in [-0.2, 0) is 6.42 Å². The van der Waals surface area contributed by atoms with Gasteiger partial charge in [-0.1, -0.05) is 114 Å². The maximum absolute atomic E-state index is 9.76. The lowest BCUT2D eigenvalue weighted by atomic mass is 9.67. The predicted octanol–water partition coefficient (Wildman–Crippen LogP) is 10.0. The first kappa shape index (κ1) is 25.6. The van der Waals surface area contributed by atoms with E-state index in [9.17, 15) is 5.26 Å². The molecule has 0 spiro atoms. The number of hydrogen-bond donors (Lipinski definition) is 0. The molecule has 3 rings (SSSR count). The predicted molar refractivity (Wildman–Crippen MR) is 142 cm³/mol. The van der Waals surface area contributed by atoms with Gasteiger partial charge in [-0.25, -0.2) is 0 Å². The third-order valence-electron chi connectivity index (χ3n) is 7.93. The zero-order valence-corrected chi connectivity index (χ0v) is 21.2. The third-order valence-corrected chi connectivity index (χ3v) is 7.93. The van der Waals surface area contributed by atoms with Crippen LogP contribution in [0.5, 0.6) is 0 Å². The van der Waals surface area contributed by atoms with Crippen LogP contribution in [0.3, 0.4) is 0 Å². The lowest BCUT2D eigenvalue weighted by molar-refractivity contribution is 0.224. The van der Waals surface area contributed by atoms with Crippen LogP contribution in [0.2, 0.25) is 0 Å². The van der Waals surface area contributed by atoms with Crippen LogP contribution in [0, 0.1) is 16.7 Å². The summed E-state index contributed by atoms with van der Waals surface area (Å²) in [5.74, 6) is 0.617. The average Bonchev–Trinajstić information content (AvgIpc) is 2.88. The van der Waals surface area contributed by atoms with E-state index in [1.54, 1.807) is 0 Å². The summed E-state index contributed by atoms with van der Waals surface area (Å²) in [5, 5.41) is 9.76. The number of unbranched alkanes of at least 4 members (excludes halogenated alkanes) is 7. The summed E-state index contributed by atoms with van der Waals surface area (Å²) in [6, 6.07) is 21.2. The summed E-state index contributed by atoms with van der Waals surface area (Å²) in [7, 11) is 0. The Bertz CT molecular complexity index is 832. The van der Waals surface area contributed by atoms with Gasteiger partial charge in [0.2, 0.25) is 0 Å². The van der Waals surface area contributed by atoms with Crippen molar-refractivity contribution >= 4 is 0 Å². The molecule has 2 aromatic carbocycles. The molecule has 0 bridgehead atoms. The van der Waals surface area contributed by atoms with Gasteiger partial charge in [-0.05, 0) is 73.1 Å². The van der Waals surface area contributed by atoms with E-state index < -0.39 is 0 Å². The van der Waals surface area contributed by atoms with Crippen LogP contribution < -0.4 is 0 Å². The smallest absolute Gasteiger partial charge is 0.0689 e. The van der Waals surface area contributed by atoms with E-state index in [2.05, 4.69) is 68.4 Å². The summed E-state index contributed by atoms with van der Waals surface area (Å²) in [6.07, 6.45) is 18.7. The SMILES string of the molecule is CCCCCCCCCc1ccc(-c2ccc(C3CCC(C#N)(CCCC)CC3)cc2)cc1. The molecule has 1 fully saturated rings. The van der Waals surface area contributed by atoms with Crippen LogP contribution in [0.25, 0.3) is 11.1 Å². The van der Waals surface area contributed by atoms with E-state index in [0.717, 1.165) is 32.1 Å². The monoisotopic (exact) mass is 443 g/mol. The Morgan fingerprint density at radius 2 is 1.27 bits per heavy atom. The van der Waals surface area contributed by atoms with Crippen molar-refractivity contribution in [3.63, 3.8) is 0 Å². The van der Waals surface area contributed by atoms with E-state index in [1.807, 2.05) is 0 Å². The standard InChI is InChI=1S/C32H45N/c1-3-5-7-8-9-10-11-12-27-13-15-28(16-14-27)29-17-19-30(20-18-29)31-21-24-32(26-33,25-22-31)23-6-4-2/h13-20,31H,3-12,21-25H2,1-2H3. The fourth-order valence-corrected chi connectivity index (χ4v) is 5.53. The zero-order valence-electron chi connectivity index (χ0n) is 21.2. The van der Waals surface area contributed by atoms with E-state index >= 15 is 0 Å². The van der Waals surface area contributed by atoms with Crippen molar-refractivity contribution in [1.29, 1.82) is 5.26 Å². The van der Waals surface area contributed by atoms with Gasteiger partial charge in [0.05, 0.1) is 11.5 Å². The number of rotatable bonds is 13. The van der Waals surface area contributed by atoms with Gasteiger partial charge >= 0.3 is 0 Å². The summed E-state index contributed by atoms with van der Waals surface area (Å²) in [6.45, 7) is 4.51. The zero-order chi connectivity index (χ0) is 23.4. The normalized spacial score (nSPS) is 20.5. The molecule has 0 heterocycles. The molecule has 178 valence electrons. The molecule has 0 amide bonds. The van der Waals surface area contributed by atoms with Crippen LogP contribution in [0.15, 0.2) is 48.5 Å². The van der Waals surface area contributed by atoms with Gasteiger partial charge in [-0.3, -0.25) is 0 Å². The van der Waals surface area contributed by atoms with Gasteiger partial charge < -0.3 is 0 Å². The number of nitriles is 1. The van der Waals surface area contributed by atoms with Crippen molar-refractivity contribution in [2.75, 3.05) is 0 Å². The highest BCUT2D eigenvalue weighted by atomic mass is 14.4. The van der Waals surface area contributed by atoms with Gasteiger partial charge in [0, 0.05) is 0 Å². The Balaban J connectivity index is 1.47. The maximum Gasteiger partial charge on any atom is 0.0689 e. The minimum Gasteiger partial charge on any atom is -0.198 e. The van der Waals surface area contributed by atoms with E-state index in [0.29, 0.717) is 5.92 Å². The molecule has 1 aliphatic rings. The molecule has 0 aliphatic heterocycles. The number of benzene rings is 2. The minimum absolute atomic E-state index is 0.0523. The topological polar surface area (TPSA) is 23.8 Å². The summed E-state index contributed by atoms with van der Waals surface area (Å²) < 4.78 is 0. The molecular formula is C32H45N. The molecule has 2 aromatic rings. The second kappa shape index (κ2) is 13.6. The van der Waals surface area contributed by atoms with Crippen molar-refractivity contribution in [1.82, 2.24) is 0 Å². The van der Waals surface area contributed by atoms with Gasteiger partial charge in [0.25, 0.3) is 0 Å². The molecule has 0 atom stereocenters. The average molecular weight is 444 g/mol. The Morgan fingerprint density at radius 1 is 0.727 bits per heavy atom. The second-order valence-corrected chi connectivity index (χ2v) is 10.5. The number of aryl methyl sites for hydroxylation is 1. The quantitative estimate of drug-likeness (QED) is 0.282. The highest BCUT2D eigenvalue weighted by Gasteiger charge is 2.35. The van der Waals surface area contributed by atoms with Gasteiger partial charge in [0.15, 0.2) is 0 Å². The summed E-state index contributed by atoms with van der Waals surface area (Å²) in [5.41, 5.74) is 5.50. The first-order valence-electron chi connectivity index (χ1n) is 13.8. The molecule has 1 heteroatoms.